The Labute approximate surface area is 255 Å². The van der Waals surface area contributed by atoms with Crippen LogP contribution in [-0.4, -0.2) is 3.21 Å². The minimum atomic E-state index is 0. The molecule has 0 N–H and O–H groups in total. The Morgan fingerprint density at radius 3 is 1.95 bits per heavy atom. The fourth-order valence-electron chi connectivity index (χ4n) is 4.86. The normalized spacial score (nSPS) is 15.7. The van der Waals surface area contributed by atoms with Crippen molar-refractivity contribution >= 4 is 3.21 Å². The first-order valence-corrected chi connectivity index (χ1v) is 14.7. The van der Waals surface area contributed by atoms with Crippen LogP contribution in [0.5, 0.6) is 0 Å². The van der Waals surface area contributed by atoms with Crippen molar-refractivity contribution in [2.24, 2.45) is 5.92 Å². The average Bonchev–Trinajstić information content (AvgIpc) is 3.50. The van der Waals surface area contributed by atoms with Gasteiger partial charge in [-0.05, 0) is 17.4 Å². The van der Waals surface area contributed by atoms with E-state index < -0.39 is 0 Å². The van der Waals surface area contributed by atoms with E-state index in [2.05, 4.69) is 97.0 Å². The van der Waals surface area contributed by atoms with Crippen molar-refractivity contribution in [1.29, 1.82) is 0 Å². The standard InChI is InChI=1S/C21H25.C8H14.C5H5.2ClH.Zr/c1-20(2,3)16-9-7-14-11-15-8-10-17(21(4,5)6)13-19(15)18(14)12-16;1-2-8-6-4-3-5-7-8;1-2-4-5-3-1;;;/h7,9-10,12-13H,11H2,1-6H3;8H,3-7H2,1H3;1-3H,4H2;2*1H;/q-1;;-1;;;+2/p-2. The second kappa shape index (κ2) is 15.1. The molecule has 0 aromatic heterocycles. The van der Waals surface area contributed by atoms with Crippen molar-refractivity contribution in [2.75, 3.05) is 0 Å². The van der Waals surface area contributed by atoms with Gasteiger partial charge in [0.05, 0.1) is 0 Å². The fraction of sp³-hybridized carbons (Fsp3) is 0.500. The Morgan fingerprint density at radius 1 is 0.865 bits per heavy atom. The fourth-order valence-corrected chi connectivity index (χ4v) is 5.57. The predicted octanol–water partition coefficient (Wildman–Crippen LogP) is 3.27. The molecular weight excluding hydrogens is 571 g/mol. The van der Waals surface area contributed by atoms with E-state index in [1.54, 1.807) is 27.4 Å². The molecule has 0 aliphatic heterocycles. The van der Waals surface area contributed by atoms with Gasteiger partial charge in [0, 0.05) is 0 Å². The van der Waals surface area contributed by atoms with Crippen LogP contribution in [0.25, 0.3) is 11.1 Å². The Balaban J connectivity index is 0.000000354. The first kappa shape index (κ1) is 34.3. The average molecular weight is 615 g/mol. The molecule has 3 aliphatic carbocycles. The van der Waals surface area contributed by atoms with Crippen molar-refractivity contribution in [3.05, 3.63) is 83.0 Å². The third kappa shape index (κ3) is 10.1. The molecule has 0 bridgehead atoms. The molecule has 37 heavy (non-hydrogen) atoms. The van der Waals surface area contributed by atoms with E-state index in [9.17, 15) is 0 Å². The molecule has 0 heterocycles. The summed E-state index contributed by atoms with van der Waals surface area (Å²) in [7, 11) is 0. The molecule has 0 nitrogen and oxygen atoms in total. The van der Waals surface area contributed by atoms with Gasteiger partial charge in [-0.1, -0.05) is 76.3 Å². The molecule has 2 aromatic carbocycles. The third-order valence-corrected chi connectivity index (χ3v) is 8.33. The number of halogens is 2. The minimum absolute atomic E-state index is 0. The number of rotatable bonds is 1. The van der Waals surface area contributed by atoms with E-state index in [0.717, 1.165) is 18.8 Å². The summed E-state index contributed by atoms with van der Waals surface area (Å²) in [6.07, 6.45) is 18.4. The Bertz CT molecular complexity index is 1000. The van der Waals surface area contributed by atoms with Gasteiger partial charge in [-0.3, -0.25) is 6.08 Å². The number of allylic oxidation sites excluding steroid dienone is 4. The van der Waals surface area contributed by atoms with E-state index in [0.29, 0.717) is 0 Å². The van der Waals surface area contributed by atoms with Crippen molar-refractivity contribution in [2.45, 2.75) is 104 Å². The SMILES string of the molecule is CC(C)(C)c1c[c-]c2c(c1)-c1cc(C(C)(C)C)ccc1C2.C[C](=[Zr+2])C1CCCCC1.[C-]1=CC=CC1.[Cl-].[Cl-]. The molecular formula is C34H44Cl2Zr-2. The van der Waals surface area contributed by atoms with Gasteiger partial charge in [0.1, 0.15) is 0 Å². The zero-order valence-electron chi connectivity index (χ0n) is 23.9. The molecule has 200 valence electrons. The molecule has 1 fully saturated rings. The van der Waals surface area contributed by atoms with Gasteiger partial charge < -0.3 is 24.8 Å². The van der Waals surface area contributed by atoms with Gasteiger partial charge in [0.2, 0.25) is 0 Å². The van der Waals surface area contributed by atoms with Crippen LogP contribution in [-0.2, 0) is 41.5 Å². The second-order valence-corrected chi connectivity index (χ2v) is 14.3. The van der Waals surface area contributed by atoms with Gasteiger partial charge in [-0.15, -0.1) is 12.0 Å². The molecule has 0 unspecified atom stereocenters. The summed E-state index contributed by atoms with van der Waals surface area (Å²) in [6.45, 7) is 16.0. The van der Waals surface area contributed by atoms with Crippen LogP contribution in [0.15, 0.2) is 48.6 Å². The number of benzene rings is 2. The van der Waals surface area contributed by atoms with E-state index in [1.807, 2.05) is 12.2 Å². The predicted molar refractivity (Wildman–Crippen MR) is 150 cm³/mol. The summed E-state index contributed by atoms with van der Waals surface area (Å²) in [5.41, 5.74) is 8.76. The van der Waals surface area contributed by atoms with Crippen LogP contribution in [0.4, 0.5) is 0 Å². The maximum atomic E-state index is 3.53. The second-order valence-electron chi connectivity index (χ2n) is 12.4. The molecule has 0 saturated heterocycles. The topological polar surface area (TPSA) is 0 Å². The maximum Gasteiger partial charge on any atom is -0.109 e. The number of hydrogen-bond donors (Lipinski definition) is 0. The van der Waals surface area contributed by atoms with Gasteiger partial charge in [0.15, 0.2) is 0 Å². The van der Waals surface area contributed by atoms with Crippen LogP contribution in [0, 0.1) is 18.1 Å². The van der Waals surface area contributed by atoms with E-state index in [1.165, 1.54) is 65.5 Å². The first-order valence-electron chi connectivity index (χ1n) is 13.4. The summed E-state index contributed by atoms with van der Waals surface area (Å²) in [6, 6.07) is 15.1. The van der Waals surface area contributed by atoms with Crippen LogP contribution < -0.4 is 24.8 Å². The quantitative estimate of drug-likeness (QED) is 0.370. The molecule has 5 rings (SSSR count). The summed E-state index contributed by atoms with van der Waals surface area (Å²) >= 11 is 1.66. The van der Waals surface area contributed by atoms with E-state index >= 15 is 0 Å². The zero-order chi connectivity index (χ0) is 25.6. The summed E-state index contributed by atoms with van der Waals surface area (Å²) in [5.74, 6) is 1.01. The molecule has 1 saturated carbocycles. The van der Waals surface area contributed by atoms with E-state index in [4.69, 9.17) is 0 Å². The van der Waals surface area contributed by atoms with Gasteiger partial charge in [-0.25, -0.2) is 12.2 Å². The Morgan fingerprint density at radius 2 is 1.49 bits per heavy atom. The molecule has 0 radical (unpaired) electrons. The third-order valence-electron chi connectivity index (χ3n) is 7.33. The number of fused-ring (bicyclic) bond motifs is 3. The smallest absolute Gasteiger partial charge is 0.109 e. The molecule has 3 aliphatic rings. The summed E-state index contributed by atoms with van der Waals surface area (Å²) in [4.78, 5) is 0. The molecule has 0 spiro atoms. The van der Waals surface area contributed by atoms with Crippen molar-refractivity contribution in [3.63, 3.8) is 0 Å². The Kier molecular flexibility index (Phi) is 14.0. The molecule has 2 aromatic rings. The monoisotopic (exact) mass is 612 g/mol. The van der Waals surface area contributed by atoms with E-state index in [-0.39, 0.29) is 35.6 Å². The zero-order valence-corrected chi connectivity index (χ0v) is 27.9. The van der Waals surface area contributed by atoms with Gasteiger partial charge in [0.25, 0.3) is 0 Å². The van der Waals surface area contributed by atoms with Crippen LogP contribution in [0.1, 0.15) is 109 Å². The Hall–Kier alpha value is -0.747. The summed E-state index contributed by atoms with van der Waals surface area (Å²) < 4.78 is 1.74. The summed E-state index contributed by atoms with van der Waals surface area (Å²) in [5, 5.41) is 0. The van der Waals surface area contributed by atoms with Gasteiger partial charge >= 0.3 is 72.4 Å². The van der Waals surface area contributed by atoms with Crippen LogP contribution in [0.3, 0.4) is 0 Å². The first-order chi connectivity index (χ1) is 16.5. The van der Waals surface area contributed by atoms with Gasteiger partial charge in [-0.2, -0.15) is 35.4 Å². The molecule has 0 atom stereocenters. The number of hydrogen-bond acceptors (Lipinski definition) is 0. The minimum Gasteiger partial charge on any atom is -1.00 e. The van der Waals surface area contributed by atoms with Crippen molar-refractivity contribution in [1.82, 2.24) is 0 Å². The maximum absolute atomic E-state index is 3.53. The van der Waals surface area contributed by atoms with Crippen LogP contribution in [0.2, 0.25) is 0 Å². The van der Waals surface area contributed by atoms with Crippen molar-refractivity contribution < 1.29 is 49.0 Å². The van der Waals surface area contributed by atoms with Crippen LogP contribution >= 0.6 is 0 Å². The molecule has 0 amide bonds. The largest absolute Gasteiger partial charge is 1.00 e. The molecule has 3 heteroatoms. The van der Waals surface area contributed by atoms with Crippen molar-refractivity contribution in [3.8, 4) is 11.1 Å².